The van der Waals surface area contributed by atoms with Crippen molar-refractivity contribution in [3.63, 3.8) is 0 Å². The number of rotatable bonds is 4. The van der Waals surface area contributed by atoms with E-state index in [4.69, 9.17) is 14.5 Å². The molecule has 2 aromatic rings. The van der Waals surface area contributed by atoms with Crippen LogP contribution in [0.5, 0.6) is 11.5 Å². The van der Waals surface area contributed by atoms with Crippen LogP contribution in [0.2, 0.25) is 0 Å². The van der Waals surface area contributed by atoms with Gasteiger partial charge in [-0.05, 0) is 49.8 Å². The number of nitrogens with zero attached hydrogens (tertiary/aromatic N) is 5. The SMILES string of the molecule is COc1cc2c(cc1OC)[C@H]1CN(C)CC[C@H]1N=C2c1ccc(C(=O)N=C(N(C)C)N(C)C)cc1. The van der Waals surface area contributed by atoms with Crippen molar-refractivity contribution in [2.45, 2.75) is 18.4 Å². The predicted octanol–water partition coefficient (Wildman–Crippen LogP) is 2.96. The average Bonchev–Trinajstić information content (AvgIpc) is 2.85. The molecule has 1 saturated heterocycles. The molecule has 0 unspecified atom stereocenters. The zero-order valence-corrected chi connectivity index (χ0v) is 21.7. The number of ether oxygens (including phenoxy) is 2. The molecule has 8 heteroatoms. The Kier molecular flexibility index (Phi) is 7.12. The first-order chi connectivity index (χ1) is 16.7. The summed E-state index contributed by atoms with van der Waals surface area (Å²) in [6.45, 7) is 1.97. The van der Waals surface area contributed by atoms with E-state index in [-0.39, 0.29) is 11.9 Å². The maximum absolute atomic E-state index is 12.8. The molecule has 0 radical (unpaired) electrons. The zero-order chi connectivity index (χ0) is 25.3. The zero-order valence-electron chi connectivity index (χ0n) is 21.7. The number of hydrogen-bond acceptors (Lipinski definition) is 5. The lowest BCUT2D eigenvalue weighted by atomic mass is 9.79. The second kappa shape index (κ2) is 10.1. The van der Waals surface area contributed by atoms with E-state index < -0.39 is 0 Å². The monoisotopic (exact) mass is 477 g/mol. The van der Waals surface area contributed by atoms with E-state index >= 15 is 0 Å². The molecule has 0 bridgehead atoms. The van der Waals surface area contributed by atoms with Crippen LogP contribution < -0.4 is 9.47 Å². The molecule has 0 aliphatic carbocycles. The fourth-order valence-corrected chi connectivity index (χ4v) is 4.96. The number of benzene rings is 2. The second-order valence-corrected chi connectivity index (χ2v) is 9.58. The van der Waals surface area contributed by atoms with Crippen molar-refractivity contribution in [3.05, 3.63) is 58.7 Å². The Morgan fingerprint density at radius 1 is 1.03 bits per heavy atom. The topological polar surface area (TPSA) is 70.0 Å². The Labute approximate surface area is 207 Å². The third-order valence-corrected chi connectivity index (χ3v) is 6.69. The molecule has 186 valence electrons. The van der Waals surface area contributed by atoms with Gasteiger partial charge in [0.15, 0.2) is 11.5 Å². The van der Waals surface area contributed by atoms with Gasteiger partial charge in [0.1, 0.15) is 0 Å². The summed E-state index contributed by atoms with van der Waals surface area (Å²) in [4.78, 5) is 28.3. The average molecular weight is 478 g/mol. The van der Waals surface area contributed by atoms with Crippen LogP contribution in [0.15, 0.2) is 46.4 Å². The quantitative estimate of drug-likeness (QED) is 0.498. The maximum Gasteiger partial charge on any atom is 0.280 e. The molecule has 0 saturated carbocycles. The smallest absolute Gasteiger partial charge is 0.280 e. The highest BCUT2D eigenvalue weighted by Crippen LogP contribution is 2.42. The number of guanidine groups is 1. The van der Waals surface area contributed by atoms with Crippen molar-refractivity contribution < 1.29 is 14.3 Å². The Hall–Kier alpha value is -3.39. The van der Waals surface area contributed by atoms with Gasteiger partial charge in [0, 0.05) is 57.3 Å². The summed E-state index contributed by atoms with van der Waals surface area (Å²) in [7, 11) is 13.0. The van der Waals surface area contributed by atoms with Crippen molar-refractivity contribution in [2.24, 2.45) is 9.98 Å². The summed E-state index contributed by atoms with van der Waals surface area (Å²) >= 11 is 0. The molecule has 2 aliphatic heterocycles. The molecule has 2 atom stereocenters. The fraction of sp³-hybridized carbons (Fsp3) is 0.444. The van der Waals surface area contributed by atoms with Gasteiger partial charge >= 0.3 is 0 Å². The first-order valence-corrected chi connectivity index (χ1v) is 11.8. The third kappa shape index (κ3) is 4.89. The number of hydrogen-bond donors (Lipinski definition) is 0. The molecule has 4 rings (SSSR count). The third-order valence-electron chi connectivity index (χ3n) is 6.69. The van der Waals surface area contributed by atoms with E-state index in [1.54, 1.807) is 14.2 Å². The molecule has 1 fully saturated rings. The van der Waals surface area contributed by atoms with Gasteiger partial charge in [-0.25, -0.2) is 0 Å². The molecule has 0 spiro atoms. The van der Waals surface area contributed by atoms with Crippen molar-refractivity contribution in [1.82, 2.24) is 14.7 Å². The van der Waals surface area contributed by atoms with Crippen LogP contribution in [-0.4, -0.2) is 101 Å². The minimum Gasteiger partial charge on any atom is -0.493 e. The normalized spacial score (nSPS) is 19.1. The van der Waals surface area contributed by atoms with Crippen LogP contribution in [0.4, 0.5) is 0 Å². The largest absolute Gasteiger partial charge is 0.493 e. The number of carbonyl (C=O) groups excluding carboxylic acids is 1. The molecular weight excluding hydrogens is 442 g/mol. The summed E-state index contributed by atoms with van der Waals surface area (Å²) in [6, 6.07) is 11.9. The maximum atomic E-state index is 12.8. The lowest BCUT2D eigenvalue weighted by molar-refractivity contribution is 0.0999. The number of likely N-dealkylation sites (tertiary alicyclic amines) is 1. The molecule has 35 heavy (non-hydrogen) atoms. The Balaban J connectivity index is 1.73. The van der Waals surface area contributed by atoms with Crippen molar-refractivity contribution in [1.29, 1.82) is 0 Å². The van der Waals surface area contributed by atoms with Crippen LogP contribution in [0.25, 0.3) is 0 Å². The van der Waals surface area contributed by atoms with Gasteiger partial charge < -0.3 is 24.2 Å². The van der Waals surface area contributed by atoms with E-state index in [0.29, 0.717) is 23.2 Å². The van der Waals surface area contributed by atoms with Crippen LogP contribution in [-0.2, 0) is 0 Å². The van der Waals surface area contributed by atoms with E-state index in [2.05, 4.69) is 23.0 Å². The minimum atomic E-state index is -0.276. The number of amides is 1. The van der Waals surface area contributed by atoms with Gasteiger partial charge in [0.2, 0.25) is 5.96 Å². The van der Waals surface area contributed by atoms with Crippen LogP contribution >= 0.6 is 0 Å². The number of likely N-dealkylation sites (N-methyl/N-ethyl adjacent to an activating group) is 1. The molecule has 2 aliphatic rings. The molecule has 2 heterocycles. The number of carbonyl (C=O) groups is 1. The Morgan fingerprint density at radius 2 is 1.66 bits per heavy atom. The molecule has 8 nitrogen and oxygen atoms in total. The summed E-state index contributed by atoms with van der Waals surface area (Å²) in [5.74, 6) is 2.04. The first kappa shape index (κ1) is 24.7. The van der Waals surface area contributed by atoms with Gasteiger partial charge in [0.25, 0.3) is 5.91 Å². The molecular formula is C27H35N5O3. The molecule has 0 aromatic heterocycles. The number of fused-ring (bicyclic) bond motifs is 3. The van der Waals surface area contributed by atoms with Crippen molar-refractivity contribution >= 4 is 17.6 Å². The lowest BCUT2D eigenvalue weighted by Crippen LogP contribution is -2.41. The first-order valence-electron chi connectivity index (χ1n) is 11.8. The van der Waals surface area contributed by atoms with Crippen molar-refractivity contribution in [3.8, 4) is 11.5 Å². The summed E-state index contributed by atoms with van der Waals surface area (Å²) in [5, 5.41) is 0. The number of piperidine rings is 1. The van der Waals surface area contributed by atoms with Crippen LogP contribution in [0, 0.1) is 0 Å². The van der Waals surface area contributed by atoms with Crippen LogP contribution in [0.3, 0.4) is 0 Å². The van der Waals surface area contributed by atoms with E-state index in [1.165, 1.54) is 5.56 Å². The second-order valence-electron chi connectivity index (χ2n) is 9.58. The number of methoxy groups -OCH3 is 2. The van der Waals surface area contributed by atoms with Gasteiger partial charge in [-0.3, -0.25) is 9.79 Å². The van der Waals surface area contributed by atoms with Gasteiger partial charge in [-0.1, -0.05) is 12.1 Å². The van der Waals surface area contributed by atoms with E-state index in [1.807, 2.05) is 68.3 Å². The minimum absolute atomic E-state index is 0.209. The highest BCUT2D eigenvalue weighted by atomic mass is 16.5. The van der Waals surface area contributed by atoms with Gasteiger partial charge in [0.05, 0.1) is 26.0 Å². The molecule has 2 aromatic carbocycles. The van der Waals surface area contributed by atoms with Gasteiger partial charge in [-0.15, -0.1) is 0 Å². The van der Waals surface area contributed by atoms with Crippen LogP contribution in [0.1, 0.15) is 39.4 Å². The molecule has 1 amide bonds. The standard InChI is InChI=1S/C27H35N5O3/c1-30(2)27(31(3)4)29-26(33)18-10-8-17(9-11-18)25-20-15-24(35-7)23(34-6)14-19(20)21-16-32(5)13-12-22(21)28-25/h8-11,14-15,21-22H,12-13,16H2,1-7H3/t21-,22-/m1/s1. The highest BCUT2D eigenvalue weighted by molar-refractivity contribution is 6.15. The highest BCUT2D eigenvalue weighted by Gasteiger charge is 2.36. The fourth-order valence-electron chi connectivity index (χ4n) is 4.96. The summed E-state index contributed by atoms with van der Waals surface area (Å²) in [5.41, 5.74) is 4.72. The summed E-state index contributed by atoms with van der Waals surface area (Å²) < 4.78 is 11.2. The lowest BCUT2D eigenvalue weighted by Gasteiger charge is -2.39. The Bertz CT molecular complexity index is 1140. The Morgan fingerprint density at radius 3 is 2.26 bits per heavy atom. The predicted molar refractivity (Wildman–Crippen MR) is 139 cm³/mol. The van der Waals surface area contributed by atoms with Gasteiger partial charge in [-0.2, -0.15) is 4.99 Å². The summed E-state index contributed by atoms with van der Waals surface area (Å²) in [6.07, 6.45) is 1.00. The number of aliphatic imine (C=N–C) groups is 2. The van der Waals surface area contributed by atoms with Crippen molar-refractivity contribution in [2.75, 3.05) is 62.5 Å². The molecule has 0 N–H and O–H groups in total. The van der Waals surface area contributed by atoms with E-state index in [9.17, 15) is 4.79 Å². The van der Waals surface area contributed by atoms with E-state index in [0.717, 1.165) is 42.1 Å².